The second kappa shape index (κ2) is 3.67. The first-order chi connectivity index (χ1) is 7.07. The lowest BCUT2D eigenvalue weighted by molar-refractivity contribution is 0.609. The van der Waals surface area contributed by atoms with Crippen LogP contribution < -0.4 is 0 Å². The third-order valence-corrected chi connectivity index (χ3v) is 3.21. The smallest absolute Gasteiger partial charge is 0.262 e. The van der Waals surface area contributed by atoms with Crippen LogP contribution in [0.2, 0.25) is 0 Å². The molecule has 6 heteroatoms. The van der Waals surface area contributed by atoms with Crippen LogP contribution in [0.15, 0.2) is 41.6 Å². The highest BCUT2D eigenvalue weighted by Crippen LogP contribution is 2.21. The van der Waals surface area contributed by atoms with Crippen LogP contribution >= 0.6 is 10.7 Å². The third-order valence-electron chi connectivity index (χ3n) is 1.88. The van der Waals surface area contributed by atoms with E-state index in [2.05, 4.69) is 9.97 Å². The minimum atomic E-state index is -3.68. The Bertz CT molecular complexity index is 563. The maximum absolute atomic E-state index is 11.0. The standard InChI is InChI=1S/C9H7ClN2O2S/c10-15(13,14)7-5-9(12-6-7)8-3-1-2-4-11-8/h1-6,12H. The summed E-state index contributed by atoms with van der Waals surface area (Å²) in [6.45, 7) is 0. The molecule has 15 heavy (non-hydrogen) atoms. The van der Waals surface area contributed by atoms with Gasteiger partial charge in [-0.25, -0.2) is 8.42 Å². The molecule has 1 N–H and O–H groups in total. The van der Waals surface area contributed by atoms with Crippen molar-refractivity contribution in [2.45, 2.75) is 4.90 Å². The molecule has 0 aromatic carbocycles. The van der Waals surface area contributed by atoms with Gasteiger partial charge in [-0.05, 0) is 18.2 Å². The highest BCUT2D eigenvalue weighted by atomic mass is 35.7. The number of hydrogen-bond donors (Lipinski definition) is 1. The number of nitrogens with one attached hydrogen (secondary N) is 1. The summed E-state index contributed by atoms with van der Waals surface area (Å²) in [4.78, 5) is 6.92. The van der Waals surface area contributed by atoms with E-state index in [1.54, 1.807) is 18.3 Å². The normalized spacial score (nSPS) is 11.5. The van der Waals surface area contributed by atoms with Crippen LogP contribution in [0.3, 0.4) is 0 Å². The predicted molar refractivity (Wildman–Crippen MR) is 57.1 cm³/mol. The summed E-state index contributed by atoms with van der Waals surface area (Å²) >= 11 is 0. The molecular weight excluding hydrogens is 236 g/mol. The van der Waals surface area contributed by atoms with Crippen LogP contribution in [0.5, 0.6) is 0 Å². The summed E-state index contributed by atoms with van der Waals surface area (Å²) in [6, 6.07) is 6.82. The Morgan fingerprint density at radius 3 is 2.67 bits per heavy atom. The van der Waals surface area contributed by atoms with Crippen molar-refractivity contribution < 1.29 is 8.42 Å². The van der Waals surface area contributed by atoms with E-state index in [1.165, 1.54) is 12.3 Å². The number of halogens is 1. The topological polar surface area (TPSA) is 62.8 Å². The number of rotatable bonds is 2. The van der Waals surface area contributed by atoms with E-state index >= 15 is 0 Å². The van der Waals surface area contributed by atoms with Crippen molar-refractivity contribution in [3.63, 3.8) is 0 Å². The van der Waals surface area contributed by atoms with Crippen LogP contribution in [0.25, 0.3) is 11.4 Å². The average molecular weight is 243 g/mol. The zero-order valence-electron chi connectivity index (χ0n) is 7.51. The first-order valence-corrected chi connectivity index (χ1v) is 6.43. The summed E-state index contributed by atoms with van der Waals surface area (Å²) in [7, 11) is 1.51. The van der Waals surface area contributed by atoms with Gasteiger partial charge in [0.1, 0.15) is 4.90 Å². The molecular formula is C9H7ClN2O2S. The maximum atomic E-state index is 11.0. The van der Waals surface area contributed by atoms with Crippen molar-refractivity contribution in [3.05, 3.63) is 36.7 Å². The van der Waals surface area contributed by atoms with Crippen LogP contribution in [0.4, 0.5) is 0 Å². The Morgan fingerprint density at radius 1 is 1.33 bits per heavy atom. The van der Waals surface area contributed by atoms with Gasteiger partial charge in [0.2, 0.25) is 0 Å². The van der Waals surface area contributed by atoms with Gasteiger partial charge < -0.3 is 4.98 Å². The molecule has 2 rings (SSSR count). The fourth-order valence-electron chi connectivity index (χ4n) is 1.19. The maximum Gasteiger partial charge on any atom is 0.262 e. The molecule has 0 bridgehead atoms. The number of hydrogen-bond acceptors (Lipinski definition) is 3. The molecule has 2 heterocycles. The lowest BCUT2D eigenvalue weighted by atomic mass is 10.3. The van der Waals surface area contributed by atoms with Crippen LogP contribution in [0.1, 0.15) is 0 Å². The molecule has 0 spiro atoms. The van der Waals surface area contributed by atoms with Crippen molar-refractivity contribution in [1.82, 2.24) is 9.97 Å². The van der Waals surface area contributed by atoms with E-state index in [-0.39, 0.29) is 4.90 Å². The zero-order chi connectivity index (χ0) is 10.9. The monoisotopic (exact) mass is 242 g/mol. The Hall–Kier alpha value is -1.33. The molecule has 2 aromatic rings. The Labute approximate surface area is 91.3 Å². The Balaban J connectivity index is 2.46. The zero-order valence-corrected chi connectivity index (χ0v) is 9.09. The van der Waals surface area contributed by atoms with Gasteiger partial charge >= 0.3 is 0 Å². The molecule has 0 saturated heterocycles. The molecule has 0 aliphatic heterocycles. The average Bonchev–Trinajstić information content (AvgIpc) is 2.67. The van der Waals surface area contributed by atoms with E-state index in [4.69, 9.17) is 10.7 Å². The summed E-state index contributed by atoms with van der Waals surface area (Å²) in [6.07, 6.45) is 2.97. The molecule has 0 amide bonds. The molecule has 2 aromatic heterocycles. The molecule has 4 nitrogen and oxygen atoms in total. The van der Waals surface area contributed by atoms with Gasteiger partial charge in [0.15, 0.2) is 0 Å². The van der Waals surface area contributed by atoms with Crippen molar-refractivity contribution in [1.29, 1.82) is 0 Å². The Kier molecular flexibility index (Phi) is 2.50. The number of pyridine rings is 1. The molecule has 0 atom stereocenters. The highest BCUT2D eigenvalue weighted by molar-refractivity contribution is 8.13. The number of nitrogens with zero attached hydrogens (tertiary/aromatic N) is 1. The highest BCUT2D eigenvalue weighted by Gasteiger charge is 2.13. The van der Waals surface area contributed by atoms with E-state index in [0.717, 1.165) is 0 Å². The molecule has 78 valence electrons. The molecule has 0 unspecified atom stereocenters. The minimum Gasteiger partial charge on any atom is -0.359 e. The molecule has 0 saturated carbocycles. The van der Waals surface area contributed by atoms with Crippen molar-refractivity contribution in [2.24, 2.45) is 0 Å². The number of aromatic nitrogens is 2. The van der Waals surface area contributed by atoms with Gasteiger partial charge in [-0.3, -0.25) is 4.98 Å². The van der Waals surface area contributed by atoms with Crippen molar-refractivity contribution >= 4 is 19.7 Å². The predicted octanol–water partition coefficient (Wildman–Crippen LogP) is 2.00. The summed E-state index contributed by atoms with van der Waals surface area (Å²) in [5, 5.41) is 0. The third kappa shape index (κ3) is 2.19. The van der Waals surface area contributed by atoms with E-state index < -0.39 is 9.05 Å². The van der Waals surface area contributed by atoms with Gasteiger partial charge in [-0.1, -0.05) is 6.07 Å². The minimum absolute atomic E-state index is 0.0461. The van der Waals surface area contributed by atoms with Gasteiger partial charge in [0.25, 0.3) is 9.05 Å². The molecule has 0 fully saturated rings. The summed E-state index contributed by atoms with van der Waals surface area (Å²) < 4.78 is 22.0. The largest absolute Gasteiger partial charge is 0.359 e. The first-order valence-electron chi connectivity index (χ1n) is 4.12. The second-order valence-electron chi connectivity index (χ2n) is 2.90. The fraction of sp³-hybridized carbons (Fsp3) is 0. The van der Waals surface area contributed by atoms with Crippen LogP contribution in [-0.2, 0) is 9.05 Å². The van der Waals surface area contributed by atoms with Crippen LogP contribution in [0, 0.1) is 0 Å². The fourth-order valence-corrected chi connectivity index (χ4v) is 1.91. The number of H-pyrrole nitrogens is 1. The van der Waals surface area contributed by atoms with Gasteiger partial charge in [0.05, 0.1) is 11.4 Å². The lowest BCUT2D eigenvalue weighted by Crippen LogP contribution is -1.85. The van der Waals surface area contributed by atoms with Crippen LogP contribution in [-0.4, -0.2) is 18.4 Å². The van der Waals surface area contributed by atoms with Crippen molar-refractivity contribution in [2.75, 3.05) is 0 Å². The van der Waals surface area contributed by atoms with E-state index in [9.17, 15) is 8.42 Å². The Morgan fingerprint density at radius 2 is 2.13 bits per heavy atom. The molecule has 0 aliphatic carbocycles. The van der Waals surface area contributed by atoms with Gasteiger partial charge in [0, 0.05) is 23.1 Å². The summed E-state index contributed by atoms with van der Waals surface area (Å²) in [5.41, 5.74) is 1.29. The number of aromatic amines is 1. The molecule has 0 aliphatic rings. The summed E-state index contributed by atoms with van der Waals surface area (Å²) in [5.74, 6) is 0. The SMILES string of the molecule is O=S(=O)(Cl)c1c[nH]c(-c2ccccn2)c1. The van der Waals surface area contributed by atoms with Crippen molar-refractivity contribution in [3.8, 4) is 11.4 Å². The second-order valence-corrected chi connectivity index (χ2v) is 5.47. The first kappa shape index (κ1) is 10.2. The van der Waals surface area contributed by atoms with E-state index in [1.807, 2.05) is 6.07 Å². The van der Waals surface area contributed by atoms with Gasteiger partial charge in [-0.15, -0.1) is 0 Å². The lowest BCUT2D eigenvalue weighted by Gasteiger charge is -1.93. The quantitative estimate of drug-likeness (QED) is 0.820. The van der Waals surface area contributed by atoms with E-state index in [0.29, 0.717) is 11.4 Å². The molecule has 0 radical (unpaired) electrons. The van der Waals surface area contributed by atoms with Gasteiger partial charge in [-0.2, -0.15) is 0 Å².